The molecule has 1 N–H and O–H groups in total. The Hall–Kier alpha value is -1.31. The van der Waals surface area contributed by atoms with E-state index in [4.69, 9.17) is 0 Å². The quantitative estimate of drug-likeness (QED) is 0.777. The van der Waals surface area contributed by atoms with Gasteiger partial charge in [-0.25, -0.2) is 0 Å². The van der Waals surface area contributed by atoms with Gasteiger partial charge in [0.2, 0.25) is 0 Å². The predicted molar refractivity (Wildman–Crippen MR) is 80.0 cm³/mol. The number of carbonyl (C=O) groups excluding carboxylic acids is 1. The Bertz CT molecular complexity index is 585. The van der Waals surface area contributed by atoms with Crippen LogP contribution in [0.1, 0.15) is 56.7 Å². The molecule has 0 spiro atoms. The zero-order valence-electron chi connectivity index (χ0n) is 12.9. The van der Waals surface area contributed by atoms with E-state index in [0.717, 1.165) is 24.8 Å². The van der Waals surface area contributed by atoms with Gasteiger partial charge in [-0.3, -0.25) is 4.79 Å². The van der Waals surface area contributed by atoms with E-state index in [-0.39, 0.29) is 10.8 Å². The summed E-state index contributed by atoms with van der Waals surface area (Å²) in [6.45, 7) is 8.46. The number of fused-ring (bicyclic) bond motifs is 3. The molecule has 20 heavy (non-hydrogen) atoms. The van der Waals surface area contributed by atoms with E-state index in [1.807, 2.05) is 13.0 Å². The van der Waals surface area contributed by atoms with Gasteiger partial charge in [0.25, 0.3) is 0 Å². The molecule has 2 nitrogen and oxygen atoms in total. The van der Waals surface area contributed by atoms with Crippen molar-refractivity contribution in [1.82, 2.24) is 0 Å². The smallest absolute Gasteiger partial charge is 0.138 e. The lowest BCUT2D eigenvalue weighted by molar-refractivity contribution is -0.137. The molecule has 1 saturated carbocycles. The molecule has 2 heteroatoms. The highest BCUT2D eigenvalue weighted by atomic mass is 16.3. The minimum atomic E-state index is -0.245. The topological polar surface area (TPSA) is 37.3 Å². The standard InChI is InChI=1S/C18H24O2/c1-11-9-12-5-6-15-17(2,3)16(20)7-8-18(15,4)13(12)10-14(11)19/h9-10,15,19H,5-8H2,1-4H3/t15-,18-/m0/s1. The van der Waals surface area contributed by atoms with E-state index in [1.54, 1.807) is 0 Å². The van der Waals surface area contributed by atoms with Crippen LogP contribution < -0.4 is 0 Å². The van der Waals surface area contributed by atoms with Crippen LogP contribution in [0.3, 0.4) is 0 Å². The molecule has 0 saturated heterocycles. The van der Waals surface area contributed by atoms with Crippen LogP contribution in [0.5, 0.6) is 5.75 Å². The van der Waals surface area contributed by atoms with E-state index in [2.05, 4.69) is 26.8 Å². The molecule has 108 valence electrons. The van der Waals surface area contributed by atoms with Crippen LogP contribution in [0.4, 0.5) is 0 Å². The van der Waals surface area contributed by atoms with Crippen LogP contribution in [0.15, 0.2) is 12.1 Å². The van der Waals surface area contributed by atoms with Crippen molar-refractivity contribution in [2.75, 3.05) is 0 Å². The van der Waals surface area contributed by atoms with Crippen LogP contribution >= 0.6 is 0 Å². The maximum absolute atomic E-state index is 12.3. The highest BCUT2D eigenvalue weighted by Crippen LogP contribution is 2.56. The van der Waals surface area contributed by atoms with Gasteiger partial charge in [0.15, 0.2) is 0 Å². The van der Waals surface area contributed by atoms with Gasteiger partial charge in [-0.2, -0.15) is 0 Å². The average Bonchev–Trinajstić information content (AvgIpc) is 2.37. The molecule has 2 aliphatic rings. The first-order valence-corrected chi connectivity index (χ1v) is 7.63. The Labute approximate surface area is 121 Å². The number of hydrogen-bond donors (Lipinski definition) is 1. The van der Waals surface area contributed by atoms with Crippen molar-refractivity contribution >= 4 is 5.78 Å². The lowest BCUT2D eigenvalue weighted by Gasteiger charge is -2.53. The van der Waals surface area contributed by atoms with Crippen molar-refractivity contribution in [3.63, 3.8) is 0 Å². The van der Waals surface area contributed by atoms with Gasteiger partial charge in [0, 0.05) is 11.8 Å². The number of rotatable bonds is 0. The summed E-state index contributed by atoms with van der Waals surface area (Å²) in [5.41, 5.74) is 3.38. The Morgan fingerprint density at radius 2 is 1.90 bits per heavy atom. The van der Waals surface area contributed by atoms with E-state index < -0.39 is 0 Å². The Morgan fingerprint density at radius 3 is 2.60 bits per heavy atom. The number of aromatic hydroxyl groups is 1. The molecule has 1 fully saturated rings. The third kappa shape index (κ3) is 1.66. The molecule has 0 radical (unpaired) electrons. The summed E-state index contributed by atoms with van der Waals surface area (Å²) in [4.78, 5) is 12.3. The number of hydrogen-bond acceptors (Lipinski definition) is 2. The molecule has 2 atom stereocenters. The molecule has 0 unspecified atom stereocenters. The van der Waals surface area contributed by atoms with Gasteiger partial charge >= 0.3 is 0 Å². The number of aryl methyl sites for hydroxylation is 2. The van der Waals surface area contributed by atoms with Gasteiger partial charge in [0.05, 0.1) is 0 Å². The first-order chi connectivity index (χ1) is 9.26. The minimum absolute atomic E-state index is 0.0240. The van der Waals surface area contributed by atoms with Crippen LogP contribution in [-0.4, -0.2) is 10.9 Å². The second-order valence-electron chi connectivity index (χ2n) is 7.45. The maximum Gasteiger partial charge on any atom is 0.138 e. The van der Waals surface area contributed by atoms with Crippen LogP contribution in [0, 0.1) is 18.3 Å². The molecule has 0 amide bonds. The Balaban J connectivity index is 2.16. The van der Waals surface area contributed by atoms with E-state index in [1.165, 1.54) is 11.1 Å². The van der Waals surface area contributed by atoms with Gasteiger partial charge in [-0.1, -0.05) is 26.8 Å². The fourth-order valence-corrected chi connectivity index (χ4v) is 4.66. The number of phenolic OH excluding ortho intramolecular Hbond substituents is 1. The fourth-order valence-electron chi connectivity index (χ4n) is 4.66. The monoisotopic (exact) mass is 272 g/mol. The predicted octanol–water partition coefficient (Wildman–Crippen LogP) is 3.91. The van der Waals surface area contributed by atoms with Gasteiger partial charge < -0.3 is 5.11 Å². The van der Waals surface area contributed by atoms with Crippen molar-refractivity contribution in [3.8, 4) is 5.75 Å². The molecule has 0 aromatic heterocycles. The normalized spacial score (nSPS) is 31.6. The maximum atomic E-state index is 12.3. The first-order valence-electron chi connectivity index (χ1n) is 7.63. The number of ketones is 1. The molecule has 2 aliphatic carbocycles. The summed E-state index contributed by atoms with van der Waals surface area (Å²) >= 11 is 0. The molecule has 0 heterocycles. The highest BCUT2D eigenvalue weighted by molar-refractivity contribution is 5.86. The third-order valence-electron chi connectivity index (χ3n) is 5.97. The van der Waals surface area contributed by atoms with E-state index >= 15 is 0 Å². The summed E-state index contributed by atoms with van der Waals surface area (Å²) in [5, 5.41) is 10.1. The van der Waals surface area contributed by atoms with Gasteiger partial charge in [-0.15, -0.1) is 0 Å². The molecule has 1 aromatic carbocycles. The van der Waals surface area contributed by atoms with E-state index in [9.17, 15) is 9.90 Å². The van der Waals surface area contributed by atoms with Crippen LogP contribution in [0.25, 0.3) is 0 Å². The number of carbonyl (C=O) groups is 1. The largest absolute Gasteiger partial charge is 0.508 e. The molecule has 0 aliphatic heterocycles. The third-order valence-corrected chi connectivity index (χ3v) is 5.97. The summed E-state index contributed by atoms with van der Waals surface area (Å²) < 4.78 is 0. The fraction of sp³-hybridized carbons (Fsp3) is 0.611. The average molecular weight is 272 g/mol. The highest BCUT2D eigenvalue weighted by Gasteiger charge is 2.53. The van der Waals surface area contributed by atoms with Crippen molar-refractivity contribution in [3.05, 3.63) is 28.8 Å². The van der Waals surface area contributed by atoms with E-state index in [0.29, 0.717) is 23.9 Å². The molecule has 3 rings (SSSR count). The minimum Gasteiger partial charge on any atom is -0.508 e. The van der Waals surface area contributed by atoms with Crippen molar-refractivity contribution < 1.29 is 9.90 Å². The Kier molecular flexibility index (Phi) is 2.80. The number of benzene rings is 1. The lowest BCUT2D eigenvalue weighted by atomic mass is 9.50. The molecule has 0 bridgehead atoms. The SMILES string of the molecule is Cc1cc2c(cc1O)[C@]1(C)CCC(=O)C(C)(C)[C@@H]1CC2. The summed E-state index contributed by atoms with van der Waals surface area (Å²) in [5.74, 6) is 1.17. The summed E-state index contributed by atoms with van der Waals surface area (Å²) in [7, 11) is 0. The first kappa shape index (κ1) is 13.7. The molecule has 1 aromatic rings. The Morgan fingerprint density at radius 1 is 1.20 bits per heavy atom. The summed E-state index contributed by atoms with van der Waals surface area (Å²) in [6.07, 6.45) is 3.67. The van der Waals surface area contributed by atoms with Crippen LogP contribution in [0.2, 0.25) is 0 Å². The van der Waals surface area contributed by atoms with Crippen molar-refractivity contribution in [2.24, 2.45) is 11.3 Å². The number of Topliss-reactive ketones (excluding diaryl/α,β-unsaturated/α-hetero) is 1. The number of phenols is 1. The van der Waals surface area contributed by atoms with Crippen molar-refractivity contribution in [2.45, 2.75) is 58.8 Å². The summed E-state index contributed by atoms with van der Waals surface area (Å²) in [6, 6.07) is 4.10. The van der Waals surface area contributed by atoms with Gasteiger partial charge in [-0.05, 0) is 60.3 Å². The molecular formula is C18H24O2. The zero-order chi connectivity index (χ0) is 14.7. The second-order valence-corrected chi connectivity index (χ2v) is 7.45. The van der Waals surface area contributed by atoms with Crippen molar-refractivity contribution in [1.29, 1.82) is 0 Å². The van der Waals surface area contributed by atoms with Gasteiger partial charge in [0.1, 0.15) is 11.5 Å². The second kappa shape index (κ2) is 4.09. The zero-order valence-corrected chi connectivity index (χ0v) is 12.9. The molecular weight excluding hydrogens is 248 g/mol. The van der Waals surface area contributed by atoms with Crippen LogP contribution in [-0.2, 0) is 16.6 Å². The lowest BCUT2D eigenvalue weighted by Crippen LogP contribution is -2.52.